The predicted octanol–water partition coefficient (Wildman–Crippen LogP) is 2.62. The SMILES string of the molecule is Cc1cccc(C)c1NC(=O)C(=O)NCc1ccsc1. The molecular formula is C15H16N2O2S. The average molecular weight is 288 g/mol. The zero-order chi connectivity index (χ0) is 14.5. The molecule has 0 radical (unpaired) electrons. The number of benzene rings is 1. The third-order valence-electron chi connectivity index (χ3n) is 2.96. The zero-order valence-electron chi connectivity index (χ0n) is 11.4. The molecule has 2 amide bonds. The van der Waals surface area contributed by atoms with Crippen LogP contribution in [0.3, 0.4) is 0 Å². The molecule has 2 aromatic rings. The van der Waals surface area contributed by atoms with E-state index in [-0.39, 0.29) is 0 Å². The van der Waals surface area contributed by atoms with E-state index >= 15 is 0 Å². The summed E-state index contributed by atoms with van der Waals surface area (Å²) in [5.74, 6) is -1.27. The molecule has 0 saturated heterocycles. The lowest BCUT2D eigenvalue weighted by atomic mass is 10.1. The van der Waals surface area contributed by atoms with E-state index in [4.69, 9.17) is 0 Å². The van der Waals surface area contributed by atoms with Crippen LogP contribution < -0.4 is 10.6 Å². The smallest absolute Gasteiger partial charge is 0.313 e. The number of anilines is 1. The predicted molar refractivity (Wildman–Crippen MR) is 80.7 cm³/mol. The van der Waals surface area contributed by atoms with Crippen molar-refractivity contribution in [3.8, 4) is 0 Å². The first-order valence-electron chi connectivity index (χ1n) is 6.24. The molecule has 1 heterocycles. The second kappa shape index (κ2) is 6.34. The van der Waals surface area contributed by atoms with Gasteiger partial charge in [-0.05, 0) is 47.4 Å². The summed E-state index contributed by atoms with van der Waals surface area (Å²) in [5.41, 5.74) is 3.55. The second-order valence-corrected chi connectivity index (χ2v) is 5.32. The van der Waals surface area contributed by atoms with Crippen LogP contribution in [0.4, 0.5) is 5.69 Å². The second-order valence-electron chi connectivity index (χ2n) is 4.54. The van der Waals surface area contributed by atoms with Crippen molar-refractivity contribution in [3.63, 3.8) is 0 Å². The third kappa shape index (κ3) is 3.45. The van der Waals surface area contributed by atoms with E-state index in [0.29, 0.717) is 12.2 Å². The van der Waals surface area contributed by atoms with Crippen molar-refractivity contribution in [2.45, 2.75) is 20.4 Å². The van der Waals surface area contributed by atoms with Gasteiger partial charge in [0.1, 0.15) is 0 Å². The van der Waals surface area contributed by atoms with Gasteiger partial charge in [-0.2, -0.15) is 11.3 Å². The molecule has 0 bridgehead atoms. The summed E-state index contributed by atoms with van der Waals surface area (Å²) < 4.78 is 0. The molecule has 1 aromatic heterocycles. The lowest BCUT2D eigenvalue weighted by Gasteiger charge is -2.11. The van der Waals surface area contributed by atoms with Gasteiger partial charge in [0.25, 0.3) is 0 Å². The molecular weight excluding hydrogens is 272 g/mol. The number of nitrogens with one attached hydrogen (secondary N) is 2. The van der Waals surface area contributed by atoms with Crippen LogP contribution in [0.5, 0.6) is 0 Å². The fourth-order valence-electron chi connectivity index (χ4n) is 1.84. The number of aryl methyl sites for hydroxylation is 2. The Kier molecular flexibility index (Phi) is 4.53. The van der Waals surface area contributed by atoms with Crippen LogP contribution in [-0.4, -0.2) is 11.8 Å². The van der Waals surface area contributed by atoms with Gasteiger partial charge in [0, 0.05) is 12.2 Å². The molecule has 0 aliphatic carbocycles. The molecule has 104 valence electrons. The molecule has 0 unspecified atom stereocenters. The Morgan fingerprint density at radius 1 is 1.10 bits per heavy atom. The molecule has 5 heteroatoms. The summed E-state index contributed by atoms with van der Waals surface area (Å²) in [6, 6.07) is 7.61. The van der Waals surface area contributed by atoms with Crippen LogP contribution in [-0.2, 0) is 16.1 Å². The van der Waals surface area contributed by atoms with Gasteiger partial charge in [-0.3, -0.25) is 9.59 Å². The Morgan fingerprint density at radius 2 is 1.80 bits per heavy atom. The minimum atomic E-state index is -0.641. The van der Waals surface area contributed by atoms with Gasteiger partial charge in [-0.25, -0.2) is 0 Å². The Labute approximate surface area is 121 Å². The average Bonchev–Trinajstić information content (AvgIpc) is 2.93. The Balaban J connectivity index is 1.96. The molecule has 1 aromatic carbocycles. The van der Waals surface area contributed by atoms with E-state index < -0.39 is 11.8 Å². The van der Waals surface area contributed by atoms with E-state index in [1.807, 2.05) is 48.9 Å². The lowest BCUT2D eigenvalue weighted by Crippen LogP contribution is -2.35. The van der Waals surface area contributed by atoms with Crippen molar-refractivity contribution in [1.82, 2.24) is 5.32 Å². The molecule has 0 fully saturated rings. The van der Waals surface area contributed by atoms with Gasteiger partial charge < -0.3 is 10.6 Å². The topological polar surface area (TPSA) is 58.2 Å². The maximum atomic E-state index is 11.9. The Bertz CT molecular complexity index is 601. The van der Waals surface area contributed by atoms with Crippen molar-refractivity contribution in [2.24, 2.45) is 0 Å². The number of carbonyl (C=O) groups is 2. The summed E-state index contributed by atoms with van der Waals surface area (Å²) in [6.45, 7) is 4.15. The fraction of sp³-hybridized carbons (Fsp3) is 0.200. The normalized spacial score (nSPS) is 10.1. The van der Waals surface area contributed by atoms with Crippen LogP contribution in [0.1, 0.15) is 16.7 Å². The number of hydrogen-bond donors (Lipinski definition) is 2. The molecule has 0 aliphatic heterocycles. The number of carbonyl (C=O) groups excluding carboxylic acids is 2. The first kappa shape index (κ1) is 14.3. The molecule has 0 saturated carbocycles. The number of rotatable bonds is 3. The van der Waals surface area contributed by atoms with Gasteiger partial charge in [-0.15, -0.1) is 0 Å². The van der Waals surface area contributed by atoms with Crippen LogP contribution in [0.25, 0.3) is 0 Å². The lowest BCUT2D eigenvalue weighted by molar-refractivity contribution is -0.136. The van der Waals surface area contributed by atoms with Gasteiger partial charge in [0.05, 0.1) is 0 Å². The van der Waals surface area contributed by atoms with E-state index in [1.54, 1.807) is 11.3 Å². The first-order chi connectivity index (χ1) is 9.58. The van der Waals surface area contributed by atoms with Crippen molar-refractivity contribution in [3.05, 3.63) is 51.7 Å². The molecule has 2 N–H and O–H groups in total. The van der Waals surface area contributed by atoms with Crippen LogP contribution in [0, 0.1) is 13.8 Å². The van der Waals surface area contributed by atoms with E-state index in [2.05, 4.69) is 10.6 Å². The summed E-state index contributed by atoms with van der Waals surface area (Å²) in [5, 5.41) is 9.12. The van der Waals surface area contributed by atoms with Crippen molar-refractivity contribution in [1.29, 1.82) is 0 Å². The Hall–Kier alpha value is -2.14. The van der Waals surface area contributed by atoms with Crippen LogP contribution in [0.15, 0.2) is 35.0 Å². The highest BCUT2D eigenvalue weighted by Gasteiger charge is 2.15. The molecule has 0 aliphatic rings. The largest absolute Gasteiger partial charge is 0.344 e. The van der Waals surface area contributed by atoms with Gasteiger partial charge in [0.15, 0.2) is 0 Å². The summed E-state index contributed by atoms with van der Waals surface area (Å²) in [7, 11) is 0. The molecule has 2 rings (SSSR count). The van der Waals surface area contributed by atoms with E-state index in [9.17, 15) is 9.59 Å². The number of hydrogen-bond acceptors (Lipinski definition) is 3. The van der Waals surface area contributed by atoms with Crippen molar-refractivity contribution >= 4 is 28.8 Å². The first-order valence-corrected chi connectivity index (χ1v) is 7.18. The minimum absolute atomic E-state index is 0.364. The molecule has 4 nitrogen and oxygen atoms in total. The maximum Gasteiger partial charge on any atom is 0.313 e. The molecule has 0 spiro atoms. The van der Waals surface area contributed by atoms with E-state index in [1.165, 1.54) is 0 Å². The summed E-state index contributed by atoms with van der Waals surface area (Å²) in [4.78, 5) is 23.6. The van der Waals surface area contributed by atoms with Gasteiger partial charge >= 0.3 is 11.8 Å². The van der Waals surface area contributed by atoms with Crippen molar-refractivity contribution in [2.75, 3.05) is 5.32 Å². The highest BCUT2D eigenvalue weighted by molar-refractivity contribution is 7.07. The Morgan fingerprint density at radius 3 is 2.40 bits per heavy atom. The summed E-state index contributed by atoms with van der Waals surface area (Å²) in [6.07, 6.45) is 0. The third-order valence-corrected chi connectivity index (χ3v) is 3.69. The van der Waals surface area contributed by atoms with Gasteiger partial charge in [0.2, 0.25) is 0 Å². The minimum Gasteiger partial charge on any atom is -0.344 e. The van der Waals surface area contributed by atoms with E-state index in [0.717, 1.165) is 16.7 Å². The fourth-order valence-corrected chi connectivity index (χ4v) is 2.51. The van der Waals surface area contributed by atoms with Gasteiger partial charge in [-0.1, -0.05) is 18.2 Å². The molecule has 20 heavy (non-hydrogen) atoms. The van der Waals surface area contributed by atoms with Crippen molar-refractivity contribution < 1.29 is 9.59 Å². The van der Waals surface area contributed by atoms with Crippen LogP contribution >= 0.6 is 11.3 Å². The highest BCUT2D eigenvalue weighted by Crippen LogP contribution is 2.19. The zero-order valence-corrected chi connectivity index (χ0v) is 12.2. The summed E-state index contributed by atoms with van der Waals surface area (Å²) >= 11 is 1.55. The monoisotopic (exact) mass is 288 g/mol. The maximum absolute atomic E-state index is 11.9. The van der Waals surface area contributed by atoms with Crippen LogP contribution in [0.2, 0.25) is 0 Å². The standard InChI is InChI=1S/C15H16N2O2S/c1-10-4-3-5-11(2)13(10)17-15(19)14(18)16-8-12-6-7-20-9-12/h3-7,9H,8H2,1-2H3,(H,16,18)(H,17,19). The molecule has 0 atom stereocenters. The number of thiophene rings is 1. The quantitative estimate of drug-likeness (QED) is 0.853. The highest BCUT2D eigenvalue weighted by atomic mass is 32.1. The number of para-hydroxylation sites is 1. The number of amides is 2.